The SMILES string of the molecule is C=CCC(C#CC)c1ccc(OC)cc1. The van der Waals surface area contributed by atoms with E-state index in [-0.39, 0.29) is 5.92 Å². The molecule has 0 aromatic heterocycles. The van der Waals surface area contributed by atoms with Crippen molar-refractivity contribution in [2.24, 2.45) is 0 Å². The van der Waals surface area contributed by atoms with Gasteiger partial charge in [0.2, 0.25) is 0 Å². The van der Waals surface area contributed by atoms with Gasteiger partial charge in [-0.2, -0.15) is 0 Å². The monoisotopic (exact) mass is 200 g/mol. The largest absolute Gasteiger partial charge is 0.497 e. The van der Waals surface area contributed by atoms with Gasteiger partial charge in [-0.1, -0.05) is 24.1 Å². The first kappa shape index (κ1) is 11.4. The fraction of sp³-hybridized carbons (Fsp3) is 0.286. The van der Waals surface area contributed by atoms with E-state index >= 15 is 0 Å². The van der Waals surface area contributed by atoms with Crippen molar-refractivity contribution in [3.05, 3.63) is 42.5 Å². The van der Waals surface area contributed by atoms with Crippen molar-refractivity contribution < 1.29 is 4.74 Å². The molecule has 0 aliphatic heterocycles. The number of rotatable bonds is 4. The lowest BCUT2D eigenvalue weighted by Crippen LogP contribution is -1.94. The molecule has 1 unspecified atom stereocenters. The molecule has 0 fully saturated rings. The smallest absolute Gasteiger partial charge is 0.118 e. The molecule has 0 heterocycles. The topological polar surface area (TPSA) is 9.23 Å². The maximum Gasteiger partial charge on any atom is 0.118 e. The standard InChI is InChI=1S/C14H16O/c1-4-6-12(7-5-2)13-8-10-14(15-3)11-9-13/h4,8-12H,1,6H2,2-3H3. The second-order valence-corrected chi connectivity index (χ2v) is 3.24. The molecule has 1 atom stereocenters. The van der Waals surface area contributed by atoms with Crippen molar-refractivity contribution in [1.29, 1.82) is 0 Å². The fourth-order valence-corrected chi connectivity index (χ4v) is 1.46. The fourth-order valence-electron chi connectivity index (χ4n) is 1.46. The Morgan fingerprint density at radius 3 is 2.53 bits per heavy atom. The lowest BCUT2D eigenvalue weighted by Gasteiger charge is -2.09. The van der Waals surface area contributed by atoms with Gasteiger partial charge in [-0.05, 0) is 31.0 Å². The molecule has 0 radical (unpaired) electrons. The van der Waals surface area contributed by atoms with Gasteiger partial charge in [0.15, 0.2) is 0 Å². The lowest BCUT2D eigenvalue weighted by atomic mass is 9.96. The first-order chi connectivity index (χ1) is 7.31. The van der Waals surface area contributed by atoms with Crippen LogP contribution in [0.1, 0.15) is 24.8 Å². The average Bonchev–Trinajstić information content (AvgIpc) is 2.29. The molecule has 1 rings (SSSR count). The zero-order valence-corrected chi connectivity index (χ0v) is 9.29. The average molecular weight is 200 g/mol. The van der Waals surface area contributed by atoms with Gasteiger partial charge < -0.3 is 4.74 Å². The van der Waals surface area contributed by atoms with Gasteiger partial charge in [-0.3, -0.25) is 0 Å². The predicted molar refractivity (Wildman–Crippen MR) is 64.0 cm³/mol. The summed E-state index contributed by atoms with van der Waals surface area (Å²) >= 11 is 0. The summed E-state index contributed by atoms with van der Waals surface area (Å²) < 4.78 is 5.11. The predicted octanol–water partition coefficient (Wildman–Crippen LogP) is 3.38. The normalized spacial score (nSPS) is 11.1. The molecular formula is C14H16O. The maximum atomic E-state index is 5.11. The summed E-state index contributed by atoms with van der Waals surface area (Å²) in [5.74, 6) is 7.25. The van der Waals surface area contributed by atoms with Crippen LogP contribution in [0.3, 0.4) is 0 Å². The Bertz CT molecular complexity index is 365. The third-order valence-electron chi connectivity index (χ3n) is 2.24. The van der Waals surface area contributed by atoms with Crippen molar-refractivity contribution in [1.82, 2.24) is 0 Å². The molecule has 1 aromatic carbocycles. The summed E-state index contributed by atoms with van der Waals surface area (Å²) in [4.78, 5) is 0. The Labute approximate surface area is 91.8 Å². The van der Waals surface area contributed by atoms with Crippen LogP contribution in [0.15, 0.2) is 36.9 Å². The van der Waals surface area contributed by atoms with E-state index in [0.717, 1.165) is 12.2 Å². The van der Waals surface area contributed by atoms with Crippen LogP contribution in [0.4, 0.5) is 0 Å². The minimum absolute atomic E-state index is 0.249. The molecule has 1 aromatic rings. The first-order valence-corrected chi connectivity index (χ1v) is 4.99. The summed E-state index contributed by atoms with van der Waals surface area (Å²) in [6.45, 7) is 5.61. The zero-order valence-electron chi connectivity index (χ0n) is 9.29. The van der Waals surface area contributed by atoms with Gasteiger partial charge >= 0.3 is 0 Å². The molecule has 0 saturated heterocycles. The van der Waals surface area contributed by atoms with Crippen LogP contribution in [0.2, 0.25) is 0 Å². The molecule has 0 aliphatic carbocycles. The van der Waals surface area contributed by atoms with E-state index in [1.807, 2.05) is 25.1 Å². The van der Waals surface area contributed by atoms with Gasteiger partial charge in [0.25, 0.3) is 0 Å². The third-order valence-corrected chi connectivity index (χ3v) is 2.24. The number of ether oxygens (including phenoxy) is 1. The lowest BCUT2D eigenvalue weighted by molar-refractivity contribution is 0.414. The van der Waals surface area contributed by atoms with Gasteiger partial charge in [-0.15, -0.1) is 12.5 Å². The quantitative estimate of drug-likeness (QED) is 0.535. The van der Waals surface area contributed by atoms with Gasteiger partial charge in [0, 0.05) is 5.92 Å². The maximum absolute atomic E-state index is 5.11. The van der Waals surface area contributed by atoms with Gasteiger partial charge in [0.1, 0.15) is 5.75 Å². The van der Waals surface area contributed by atoms with Crippen molar-refractivity contribution in [3.63, 3.8) is 0 Å². The molecule has 0 spiro atoms. The molecule has 0 N–H and O–H groups in total. The van der Waals surface area contributed by atoms with Crippen molar-refractivity contribution >= 4 is 0 Å². The van der Waals surface area contributed by atoms with Gasteiger partial charge in [0.05, 0.1) is 7.11 Å². The van der Waals surface area contributed by atoms with Gasteiger partial charge in [-0.25, -0.2) is 0 Å². The second-order valence-electron chi connectivity index (χ2n) is 3.24. The summed E-state index contributed by atoms with van der Waals surface area (Å²) in [5, 5.41) is 0. The van der Waals surface area contributed by atoms with Crippen molar-refractivity contribution in [3.8, 4) is 17.6 Å². The van der Waals surface area contributed by atoms with Crippen LogP contribution < -0.4 is 4.74 Å². The van der Waals surface area contributed by atoms with Crippen LogP contribution in [-0.2, 0) is 0 Å². The highest BCUT2D eigenvalue weighted by molar-refractivity contribution is 5.33. The highest BCUT2D eigenvalue weighted by atomic mass is 16.5. The number of hydrogen-bond acceptors (Lipinski definition) is 1. The van der Waals surface area contributed by atoms with E-state index in [1.165, 1.54) is 5.56 Å². The highest BCUT2D eigenvalue weighted by Crippen LogP contribution is 2.21. The summed E-state index contributed by atoms with van der Waals surface area (Å²) in [7, 11) is 1.67. The molecule has 1 nitrogen and oxygen atoms in total. The van der Waals surface area contributed by atoms with E-state index in [1.54, 1.807) is 7.11 Å². The Morgan fingerprint density at radius 2 is 2.07 bits per heavy atom. The van der Waals surface area contributed by atoms with Crippen LogP contribution >= 0.6 is 0 Å². The molecule has 78 valence electrons. The van der Waals surface area contributed by atoms with Crippen LogP contribution in [0.25, 0.3) is 0 Å². The molecule has 1 heteroatoms. The molecule has 0 aliphatic rings. The van der Waals surface area contributed by atoms with E-state index in [4.69, 9.17) is 4.74 Å². The Kier molecular flexibility index (Phi) is 4.50. The molecule has 15 heavy (non-hydrogen) atoms. The third kappa shape index (κ3) is 3.18. The number of benzene rings is 1. The highest BCUT2D eigenvalue weighted by Gasteiger charge is 2.05. The first-order valence-electron chi connectivity index (χ1n) is 4.99. The van der Waals surface area contributed by atoms with E-state index < -0.39 is 0 Å². The van der Waals surface area contributed by atoms with E-state index in [0.29, 0.717) is 0 Å². The number of methoxy groups -OCH3 is 1. The number of hydrogen-bond donors (Lipinski definition) is 0. The molecule has 0 amide bonds. The summed E-state index contributed by atoms with van der Waals surface area (Å²) in [5.41, 5.74) is 1.21. The van der Waals surface area contributed by atoms with Crippen LogP contribution in [0.5, 0.6) is 5.75 Å². The Hall–Kier alpha value is -1.68. The second kappa shape index (κ2) is 5.93. The molecule has 0 saturated carbocycles. The molecule has 0 bridgehead atoms. The summed E-state index contributed by atoms with van der Waals surface area (Å²) in [6, 6.07) is 8.03. The van der Waals surface area contributed by atoms with Crippen molar-refractivity contribution in [2.45, 2.75) is 19.3 Å². The molecular weight excluding hydrogens is 184 g/mol. The van der Waals surface area contributed by atoms with E-state index in [9.17, 15) is 0 Å². The minimum Gasteiger partial charge on any atom is -0.497 e. The Balaban J connectivity index is 2.89. The van der Waals surface area contributed by atoms with Crippen LogP contribution in [0, 0.1) is 11.8 Å². The van der Waals surface area contributed by atoms with Crippen LogP contribution in [-0.4, -0.2) is 7.11 Å². The number of allylic oxidation sites excluding steroid dienone is 1. The zero-order chi connectivity index (χ0) is 11.1. The minimum atomic E-state index is 0.249. The summed E-state index contributed by atoms with van der Waals surface area (Å²) in [6.07, 6.45) is 2.78. The van der Waals surface area contributed by atoms with E-state index in [2.05, 4.69) is 30.6 Å². The Morgan fingerprint density at radius 1 is 1.40 bits per heavy atom. The van der Waals surface area contributed by atoms with Crippen molar-refractivity contribution in [2.75, 3.05) is 7.11 Å².